The maximum Gasteiger partial charge on any atom is 0.282 e. The monoisotopic (exact) mass is 387 g/mol. The second-order valence-corrected chi connectivity index (χ2v) is 6.74. The molecule has 0 aliphatic carbocycles. The quantitative estimate of drug-likeness (QED) is 0.464. The smallest absolute Gasteiger partial charge is 0.282 e. The summed E-state index contributed by atoms with van der Waals surface area (Å²) in [5.74, 6) is -0.362. The van der Waals surface area contributed by atoms with Crippen LogP contribution in [0.3, 0.4) is 0 Å². The molecule has 0 aliphatic heterocycles. The number of hydrogen-bond donors (Lipinski definition) is 4. The van der Waals surface area contributed by atoms with Gasteiger partial charge < -0.3 is 11.5 Å². The summed E-state index contributed by atoms with van der Waals surface area (Å²) in [6.45, 7) is 0. The molecule has 1 aromatic carbocycles. The topological polar surface area (TPSA) is 194 Å². The predicted octanol–water partition coefficient (Wildman–Crippen LogP) is 0.940. The van der Waals surface area contributed by atoms with E-state index in [-0.39, 0.29) is 28.3 Å². The molecule has 2 heterocycles. The van der Waals surface area contributed by atoms with Crippen LogP contribution >= 0.6 is 0 Å². The number of hydrogen-bond acceptors (Lipinski definition) is 10. The summed E-state index contributed by atoms with van der Waals surface area (Å²) >= 11 is 0. The van der Waals surface area contributed by atoms with Crippen molar-refractivity contribution in [1.29, 1.82) is 0 Å². The highest BCUT2D eigenvalue weighted by atomic mass is 32.2. The molecule has 138 valence electrons. The second kappa shape index (κ2) is 7.17. The number of nitrogens with two attached hydrogens (primary N) is 2. The van der Waals surface area contributed by atoms with Gasteiger partial charge in [-0.1, -0.05) is 0 Å². The van der Waals surface area contributed by atoms with Crippen molar-refractivity contribution in [2.75, 3.05) is 16.2 Å². The van der Waals surface area contributed by atoms with Crippen LogP contribution in [0.15, 0.2) is 62.6 Å². The van der Waals surface area contributed by atoms with Gasteiger partial charge in [0.1, 0.15) is 0 Å². The normalized spacial score (nSPS) is 11.6. The van der Waals surface area contributed by atoms with Crippen molar-refractivity contribution in [3.63, 3.8) is 0 Å². The Hall–Kier alpha value is -3.87. The van der Waals surface area contributed by atoms with Crippen molar-refractivity contribution in [2.24, 2.45) is 10.2 Å². The lowest BCUT2D eigenvalue weighted by molar-refractivity contribution is 0.601. The third-order valence-corrected chi connectivity index (χ3v) is 4.49. The number of aromatic nitrogens is 4. The minimum absolute atomic E-state index is 0.0274. The SMILES string of the molecule is Nc1nc(N)c(N=Nc2ccc(S(=O)(=O)Nc3ncccn3)cc2)c(=O)[nH]1. The van der Waals surface area contributed by atoms with Gasteiger partial charge in [-0.25, -0.2) is 23.1 Å². The fourth-order valence-corrected chi connectivity index (χ4v) is 2.89. The molecule has 13 heteroatoms. The molecular weight excluding hydrogens is 374 g/mol. The molecule has 0 aliphatic rings. The number of sulfonamides is 1. The molecule has 27 heavy (non-hydrogen) atoms. The third kappa shape index (κ3) is 4.21. The van der Waals surface area contributed by atoms with E-state index in [2.05, 4.69) is 34.9 Å². The summed E-state index contributed by atoms with van der Waals surface area (Å²) in [5.41, 5.74) is 10.4. The highest BCUT2D eigenvalue weighted by Gasteiger charge is 2.15. The van der Waals surface area contributed by atoms with Crippen molar-refractivity contribution in [1.82, 2.24) is 19.9 Å². The lowest BCUT2D eigenvalue weighted by Gasteiger charge is -2.06. The zero-order valence-corrected chi connectivity index (χ0v) is 14.4. The second-order valence-electron chi connectivity index (χ2n) is 5.06. The Balaban J connectivity index is 1.81. The number of anilines is 3. The van der Waals surface area contributed by atoms with Gasteiger partial charge >= 0.3 is 0 Å². The van der Waals surface area contributed by atoms with E-state index in [9.17, 15) is 13.2 Å². The molecule has 0 radical (unpaired) electrons. The molecule has 0 fully saturated rings. The zero-order valence-electron chi connectivity index (χ0n) is 13.6. The molecule has 12 nitrogen and oxygen atoms in total. The lowest BCUT2D eigenvalue weighted by Crippen LogP contribution is -2.14. The summed E-state index contributed by atoms with van der Waals surface area (Å²) in [7, 11) is -3.86. The minimum atomic E-state index is -3.86. The van der Waals surface area contributed by atoms with Crippen LogP contribution in [-0.2, 0) is 10.0 Å². The van der Waals surface area contributed by atoms with Crippen molar-refractivity contribution in [3.8, 4) is 0 Å². The van der Waals surface area contributed by atoms with Gasteiger partial charge in [-0.15, -0.1) is 5.11 Å². The standard InChI is InChI=1S/C14H13N9O3S/c15-11-10(12(24)20-13(16)19-11)22-21-8-2-4-9(5-3-8)27(25,26)23-14-17-6-1-7-18-14/h1-7H,(H,17,18,23)(H5,15,16,19,20,24). The minimum Gasteiger partial charge on any atom is -0.382 e. The van der Waals surface area contributed by atoms with Crippen molar-refractivity contribution in [2.45, 2.75) is 4.90 Å². The maximum atomic E-state index is 12.3. The van der Waals surface area contributed by atoms with Gasteiger partial charge in [0.2, 0.25) is 11.9 Å². The van der Waals surface area contributed by atoms with Crippen LogP contribution in [0.2, 0.25) is 0 Å². The molecular formula is C14H13N9O3S. The van der Waals surface area contributed by atoms with Crippen LogP contribution < -0.4 is 21.7 Å². The number of H-pyrrole nitrogens is 1. The van der Waals surface area contributed by atoms with E-state index >= 15 is 0 Å². The number of azo groups is 1. The van der Waals surface area contributed by atoms with Gasteiger partial charge in [0.05, 0.1) is 10.6 Å². The zero-order chi connectivity index (χ0) is 19.4. The van der Waals surface area contributed by atoms with Gasteiger partial charge in [0.15, 0.2) is 11.5 Å². The van der Waals surface area contributed by atoms with E-state index in [1.54, 1.807) is 6.07 Å². The number of aromatic amines is 1. The Labute approximate surface area is 152 Å². The molecule has 0 saturated heterocycles. The van der Waals surface area contributed by atoms with Crippen molar-refractivity contribution >= 4 is 39.1 Å². The van der Waals surface area contributed by atoms with E-state index in [4.69, 9.17) is 11.5 Å². The Morgan fingerprint density at radius 3 is 2.33 bits per heavy atom. The number of nitrogens with zero attached hydrogens (tertiary/aromatic N) is 5. The highest BCUT2D eigenvalue weighted by Crippen LogP contribution is 2.21. The molecule has 2 aromatic heterocycles. The van der Waals surface area contributed by atoms with E-state index in [1.165, 1.54) is 36.7 Å². The first-order chi connectivity index (χ1) is 12.8. The van der Waals surface area contributed by atoms with Gasteiger partial charge in [0.25, 0.3) is 15.6 Å². The first kappa shape index (κ1) is 17.9. The molecule has 3 aromatic rings. The maximum absolute atomic E-state index is 12.3. The van der Waals surface area contributed by atoms with Gasteiger partial charge in [-0.2, -0.15) is 10.1 Å². The fraction of sp³-hybridized carbons (Fsp3) is 0. The first-order valence-electron chi connectivity index (χ1n) is 7.32. The van der Waals surface area contributed by atoms with E-state index in [0.29, 0.717) is 5.69 Å². The third-order valence-electron chi connectivity index (χ3n) is 3.14. The summed E-state index contributed by atoms with van der Waals surface area (Å²) in [6, 6.07) is 6.99. The Bertz CT molecular complexity index is 1140. The lowest BCUT2D eigenvalue weighted by atomic mass is 10.3. The molecule has 0 spiro atoms. The van der Waals surface area contributed by atoms with E-state index in [0.717, 1.165) is 0 Å². The molecule has 0 unspecified atom stereocenters. The van der Waals surface area contributed by atoms with E-state index in [1.807, 2.05) is 0 Å². The molecule has 0 amide bonds. The summed E-state index contributed by atoms with van der Waals surface area (Å²) < 4.78 is 26.8. The average Bonchev–Trinajstić information content (AvgIpc) is 2.61. The van der Waals surface area contributed by atoms with E-state index < -0.39 is 15.6 Å². The van der Waals surface area contributed by atoms with Gasteiger partial charge in [-0.3, -0.25) is 9.78 Å². The van der Waals surface area contributed by atoms with Crippen LogP contribution in [0.5, 0.6) is 0 Å². The Kier molecular flexibility index (Phi) is 4.76. The van der Waals surface area contributed by atoms with Crippen LogP contribution in [0.25, 0.3) is 0 Å². The molecule has 6 N–H and O–H groups in total. The largest absolute Gasteiger partial charge is 0.382 e. The fourth-order valence-electron chi connectivity index (χ4n) is 1.93. The summed E-state index contributed by atoms with van der Waals surface area (Å²) in [5, 5.41) is 7.57. The Morgan fingerprint density at radius 1 is 1.04 bits per heavy atom. The van der Waals surface area contributed by atoms with Gasteiger partial charge in [-0.05, 0) is 30.3 Å². The number of nitrogens with one attached hydrogen (secondary N) is 2. The highest BCUT2D eigenvalue weighted by molar-refractivity contribution is 7.92. The number of rotatable bonds is 5. The number of nitrogen functional groups attached to an aromatic ring is 2. The first-order valence-corrected chi connectivity index (χ1v) is 8.80. The Morgan fingerprint density at radius 2 is 1.70 bits per heavy atom. The van der Waals surface area contributed by atoms with Crippen LogP contribution in [0.4, 0.5) is 29.1 Å². The molecule has 3 rings (SSSR count). The molecule has 0 saturated carbocycles. The average molecular weight is 387 g/mol. The summed E-state index contributed by atoms with van der Waals surface area (Å²) in [6.07, 6.45) is 2.82. The van der Waals surface area contributed by atoms with Crippen molar-refractivity contribution in [3.05, 3.63) is 53.1 Å². The number of benzene rings is 1. The molecule has 0 atom stereocenters. The van der Waals surface area contributed by atoms with Crippen LogP contribution in [0, 0.1) is 0 Å². The molecule has 0 bridgehead atoms. The van der Waals surface area contributed by atoms with Crippen molar-refractivity contribution < 1.29 is 8.42 Å². The van der Waals surface area contributed by atoms with Crippen LogP contribution in [-0.4, -0.2) is 28.4 Å². The predicted molar refractivity (Wildman–Crippen MR) is 97.1 cm³/mol. The summed E-state index contributed by atoms with van der Waals surface area (Å²) in [4.78, 5) is 25.2. The van der Waals surface area contributed by atoms with Crippen LogP contribution in [0.1, 0.15) is 0 Å². The van der Waals surface area contributed by atoms with Gasteiger partial charge in [0, 0.05) is 12.4 Å².